The fraction of sp³-hybridized carbons (Fsp3) is 0.353. The molecule has 0 bridgehead atoms. The third-order valence-electron chi connectivity index (χ3n) is 3.99. The van der Waals surface area contributed by atoms with Gasteiger partial charge in [0.05, 0.1) is 0 Å². The van der Waals surface area contributed by atoms with Crippen LogP contribution in [0, 0.1) is 5.82 Å². The van der Waals surface area contributed by atoms with Gasteiger partial charge in [0.15, 0.2) is 5.96 Å². The Kier molecular flexibility index (Phi) is 4.42. The van der Waals surface area contributed by atoms with E-state index in [4.69, 9.17) is 0 Å². The Labute approximate surface area is 129 Å². The number of halogens is 1. The van der Waals surface area contributed by atoms with Gasteiger partial charge in [-0.05, 0) is 43.0 Å². The SMILES string of the molecule is CN=C(NCCc1c[nH]c2ccc(F)cc12)NC1CC=CC1. The van der Waals surface area contributed by atoms with Crippen LogP contribution in [0.4, 0.5) is 4.39 Å². The topological polar surface area (TPSA) is 52.2 Å². The van der Waals surface area contributed by atoms with Crippen molar-refractivity contribution in [2.75, 3.05) is 13.6 Å². The van der Waals surface area contributed by atoms with Crippen molar-refractivity contribution in [3.63, 3.8) is 0 Å². The monoisotopic (exact) mass is 300 g/mol. The number of hydrogen-bond acceptors (Lipinski definition) is 1. The first-order valence-electron chi connectivity index (χ1n) is 7.64. The van der Waals surface area contributed by atoms with Gasteiger partial charge in [0.2, 0.25) is 0 Å². The normalized spacial score (nSPS) is 15.6. The van der Waals surface area contributed by atoms with Crippen LogP contribution in [0.3, 0.4) is 0 Å². The summed E-state index contributed by atoms with van der Waals surface area (Å²) in [5.41, 5.74) is 2.08. The molecule has 3 rings (SSSR count). The Hall–Kier alpha value is -2.30. The zero-order valence-electron chi connectivity index (χ0n) is 12.7. The van der Waals surface area contributed by atoms with Crippen LogP contribution in [0.1, 0.15) is 18.4 Å². The molecule has 0 saturated carbocycles. The molecule has 0 amide bonds. The molecule has 0 aliphatic heterocycles. The van der Waals surface area contributed by atoms with Gasteiger partial charge in [-0.1, -0.05) is 12.2 Å². The summed E-state index contributed by atoms with van der Waals surface area (Å²) >= 11 is 0. The molecule has 0 unspecified atom stereocenters. The lowest BCUT2D eigenvalue weighted by atomic mass is 10.1. The van der Waals surface area contributed by atoms with Crippen LogP contribution in [-0.4, -0.2) is 30.6 Å². The second-order valence-corrected chi connectivity index (χ2v) is 5.54. The molecule has 5 heteroatoms. The molecule has 0 saturated heterocycles. The first kappa shape index (κ1) is 14.6. The number of aromatic amines is 1. The molecule has 1 aromatic heterocycles. The molecule has 1 aliphatic rings. The molecule has 1 heterocycles. The van der Waals surface area contributed by atoms with Gasteiger partial charge in [-0.15, -0.1) is 0 Å². The maximum Gasteiger partial charge on any atom is 0.191 e. The molecule has 3 N–H and O–H groups in total. The van der Waals surface area contributed by atoms with Crippen LogP contribution < -0.4 is 10.6 Å². The van der Waals surface area contributed by atoms with E-state index in [1.807, 2.05) is 6.20 Å². The highest BCUT2D eigenvalue weighted by molar-refractivity contribution is 5.83. The molecule has 0 atom stereocenters. The van der Waals surface area contributed by atoms with Crippen LogP contribution in [0.15, 0.2) is 41.5 Å². The standard InChI is InChI=1S/C17H21FN4/c1-19-17(22-14-4-2-3-5-14)20-9-8-12-11-21-16-7-6-13(18)10-15(12)16/h2-3,6-7,10-11,14,21H,4-5,8-9H2,1H3,(H2,19,20,22). The Morgan fingerprint density at radius 2 is 2.18 bits per heavy atom. The van der Waals surface area contributed by atoms with Gasteiger partial charge < -0.3 is 15.6 Å². The van der Waals surface area contributed by atoms with Gasteiger partial charge in [0.1, 0.15) is 5.82 Å². The maximum atomic E-state index is 13.4. The van der Waals surface area contributed by atoms with Crippen molar-refractivity contribution in [2.45, 2.75) is 25.3 Å². The molecular formula is C17H21FN4. The van der Waals surface area contributed by atoms with Crippen LogP contribution in [0.5, 0.6) is 0 Å². The number of nitrogens with zero attached hydrogens (tertiary/aromatic N) is 1. The molecule has 0 radical (unpaired) electrons. The number of aliphatic imine (C=N–C) groups is 1. The first-order chi connectivity index (χ1) is 10.8. The lowest BCUT2D eigenvalue weighted by Crippen LogP contribution is -2.43. The van der Waals surface area contributed by atoms with E-state index in [0.29, 0.717) is 6.04 Å². The summed E-state index contributed by atoms with van der Waals surface area (Å²) in [5, 5.41) is 7.67. The van der Waals surface area contributed by atoms with Crippen LogP contribution in [-0.2, 0) is 6.42 Å². The fourth-order valence-electron chi connectivity index (χ4n) is 2.80. The van der Waals surface area contributed by atoms with Gasteiger partial charge in [-0.3, -0.25) is 4.99 Å². The van der Waals surface area contributed by atoms with Gasteiger partial charge in [-0.25, -0.2) is 4.39 Å². The Morgan fingerprint density at radius 1 is 1.36 bits per heavy atom. The van der Waals surface area contributed by atoms with Gasteiger partial charge in [0, 0.05) is 36.7 Å². The zero-order valence-corrected chi connectivity index (χ0v) is 12.7. The van der Waals surface area contributed by atoms with E-state index in [9.17, 15) is 4.39 Å². The zero-order chi connectivity index (χ0) is 15.4. The van der Waals surface area contributed by atoms with E-state index < -0.39 is 0 Å². The lowest BCUT2D eigenvalue weighted by Gasteiger charge is -2.16. The number of fused-ring (bicyclic) bond motifs is 1. The van der Waals surface area contributed by atoms with Crippen molar-refractivity contribution in [1.29, 1.82) is 0 Å². The lowest BCUT2D eigenvalue weighted by molar-refractivity contribution is 0.629. The molecule has 0 spiro atoms. The summed E-state index contributed by atoms with van der Waals surface area (Å²) < 4.78 is 13.4. The molecule has 1 aliphatic carbocycles. The largest absolute Gasteiger partial charge is 0.361 e. The van der Waals surface area contributed by atoms with Gasteiger partial charge in [-0.2, -0.15) is 0 Å². The Balaban J connectivity index is 1.56. The Morgan fingerprint density at radius 3 is 2.95 bits per heavy atom. The van der Waals surface area contributed by atoms with E-state index >= 15 is 0 Å². The van der Waals surface area contributed by atoms with E-state index in [1.54, 1.807) is 19.2 Å². The van der Waals surface area contributed by atoms with Crippen LogP contribution >= 0.6 is 0 Å². The van der Waals surface area contributed by atoms with Crippen molar-refractivity contribution in [2.24, 2.45) is 4.99 Å². The summed E-state index contributed by atoms with van der Waals surface area (Å²) in [6.45, 7) is 0.753. The number of aromatic nitrogens is 1. The minimum atomic E-state index is -0.201. The highest BCUT2D eigenvalue weighted by Crippen LogP contribution is 2.19. The second-order valence-electron chi connectivity index (χ2n) is 5.54. The van der Waals surface area contributed by atoms with Gasteiger partial charge >= 0.3 is 0 Å². The van der Waals surface area contributed by atoms with Crippen molar-refractivity contribution >= 4 is 16.9 Å². The van der Waals surface area contributed by atoms with Crippen molar-refractivity contribution in [3.05, 3.63) is 47.9 Å². The fourth-order valence-corrected chi connectivity index (χ4v) is 2.80. The molecule has 22 heavy (non-hydrogen) atoms. The maximum absolute atomic E-state index is 13.4. The number of guanidine groups is 1. The predicted octanol–water partition coefficient (Wildman–Crippen LogP) is 2.73. The number of H-pyrrole nitrogens is 1. The van der Waals surface area contributed by atoms with E-state index in [0.717, 1.165) is 48.2 Å². The first-order valence-corrected chi connectivity index (χ1v) is 7.64. The Bertz CT molecular complexity index is 694. The van der Waals surface area contributed by atoms with Crippen molar-refractivity contribution in [1.82, 2.24) is 15.6 Å². The molecular weight excluding hydrogens is 279 g/mol. The summed E-state index contributed by atoms with van der Waals surface area (Å²) in [7, 11) is 1.78. The van der Waals surface area contributed by atoms with Gasteiger partial charge in [0.25, 0.3) is 0 Å². The minimum Gasteiger partial charge on any atom is -0.361 e. The molecule has 1 aromatic carbocycles. The number of benzene rings is 1. The van der Waals surface area contributed by atoms with E-state index in [1.165, 1.54) is 6.07 Å². The summed E-state index contributed by atoms with van der Waals surface area (Å²) in [5.74, 6) is 0.618. The van der Waals surface area contributed by atoms with Crippen molar-refractivity contribution in [3.8, 4) is 0 Å². The average Bonchev–Trinajstić information content (AvgIpc) is 3.16. The van der Waals surface area contributed by atoms with Crippen molar-refractivity contribution < 1.29 is 4.39 Å². The summed E-state index contributed by atoms with van der Waals surface area (Å²) in [6.07, 6.45) is 9.22. The molecule has 116 valence electrons. The van der Waals surface area contributed by atoms with E-state index in [2.05, 4.69) is 32.8 Å². The number of rotatable bonds is 4. The van der Waals surface area contributed by atoms with E-state index in [-0.39, 0.29) is 5.82 Å². The minimum absolute atomic E-state index is 0.201. The summed E-state index contributed by atoms with van der Waals surface area (Å²) in [6, 6.07) is 5.27. The quantitative estimate of drug-likeness (QED) is 0.462. The smallest absolute Gasteiger partial charge is 0.191 e. The summed E-state index contributed by atoms with van der Waals surface area (Å²) in [4.78, 5) is 7.42. The third-order valence-corrected chi connectivity index (χ3v) is 3.99. The molecule has 2 aromatic rings. The average molecular weight is 300 g/mol. The molecule has 4 nitrogen and oxygen atoms in total. The van der Waals surface area contributed by atoms with Crippen LogP contribution in [0.2, 0.25) is 0 Å². The number of hydrogen-bond donors (Lipinski definition) is 3. The number of nitrogens with one attached hydrogen (secondary N) is 3. The second kappa shape index (κ2) is 6.64. The molecule has 0 fully saturated rings. The highest BCUT2D eigenvalue weighted by atomic mass is 19.1. The highest BCUT2D eigenvalue weighted by Gasteiger charge is 2.11. The predicted molar refractivity (Wildman–Crippen MR) is 88.6 cm³/mol. The van der Waals surface area contributed by atoms with Crippen LogP contribution in [0.25, 0.3) is 10.9 Å². The third kappa shape index (κ3) is 3.30.